The molecular formula is C21H26O3. The molecule has 0 aliphatic carbocycles. The highest BCUT2D eigenvalue weighted by atomic mass is 17.1. The van der Waals surface area contributed by atoms with Crippen molar-refractivity contribution in [2.75, 3.05) is 6.61 Å². The second kappa shape index (κ2) is 9.26. The third-order valence-corrected chi connectivity index (χ3v) is 4.22. The van der Waals surface area contributed by atoms with Crippen LogP contribution in [-0.2, 0) is 11.3 Å². The lowest BCUT2D eigenvalue weighted by atomic mass is 9.96. The van der Waals surface area contributed by atoms with Crippen molar-refractivity contribution in [2.45, 2.75) is 32.8 Å². The SMILES string of the molecule is C=CCOc1ccc(C(OO)c2ccc(CC(C)CC)cc2)cc1. The van der Waals surface area contributed by atoms with Crippen LogP contribution in [-0.4, -0.2) is 11.9 Å². The molecule has 0 aromatic heterocycles. The fourth-order valence-electron chi connectivity index (χ4n) is 2.58. The molecule has 0 radical (unpaired) electrons. The molecule has 0 saturated carbocycles. The van der Waals surface area contributed by atoms with Gasteiger partial charge in [0.25, 0.3) is 0 Å². The number of hydrogen-bond acceptors (Lipinski definition) is 3. The molecule has 0 aliphatic rings. The molecule has 0 amide bonds. The first kappa shape index (κ1) is 18.2. The van der Waals surface area contributed by atoms with Crippen molar-refractivity contribution >= 4 is 0 Å². The molecule has 24 heavy (non-hydrogen) atoms. The van der Waals surface area contributed by atoms with Crippen molar-refractivity contribution < 1.29 is 14.9 Å². The van der Waals surface area contributed by atoms with Gasteiger partial charge in [0.1, 0.15) is 18.5 Å². The molecule has 2 aromatic carbocycles. The second-order valence-electron chi connectivity index (χ2n) is 6.11. The van der Waals surface area contributed by atoms with Crippen LogP contribution in [0.1, 0.15) is 43.1 Å². The highest BCUT2D eigenvalue weighted by molar-refractivity contribution is 5.35. The van der Waals surface area contributed by atoms with Crippen molar-refractivity contribution in [3.05, 3.63) is 77.9 Å². The lowest BCUT2D eigenvalue weighted by Gasteiger charge is -2.16. The van der Waals surface area contributed by atoms with Crippen LogP contribution in [0.25, 0.3) is 0 Å². The molecule has 0 heterocycles. The zero-order chi connectivity index (χ0) is 17.4. The minimum absolute atomic E-state index is 0.469. The molecule has 2 rings (SSSR count). The molecular weight excluding hydrogens is 300 g/mol. The van der Waals surface area contributed by atoms with Gasteiger partial charge in [-0.15, -0.1) is 0 Å². The summed E-state index contributed by atoms with van der Waals surface area (Å²) in [5.74, 6) is 1.43. The largest absolute Gasteiger partial charge is 0.490 e. The summed E-state index contributed by atoms with van der Waals surface area (Å²) in [6.45, 7) is 8.55. The highest BCUT2D eigenvalue weighted by Gasteiger charge is 2.15. The second-order valence-corrected chi connectivity index (χ2v) is 6.11. The highest BCUT2D eigenvalue weighted by Crippen LogP contribution is 2.27. The van der Waals surface area contributed by atoms with Gasteiger partial charge in [0.05, 0.1) is 0 Å². The van der Waals surface area contributed by atoms with Gasteiger partial charge in [-0.3, -0.25) is 5.26 Å². The summed E-state index contributed by atoms with van der Waals surface area (Å²) in [4.78, 5) is 4.73. The van der Waals surface area contributed by atoms with Crippen molar-refractivity contribution in [1.82, 2.24) is 0 Å². The third-order valence-electron chi connectivity index (χ3n) is 4.22. The summed E-state index contributed by atoms with van der Waals surface area (Å²) in [6, 6.07) is 15.8. The molecule has 0 saturated heterocycles. The minimum Gasteiger partial charge on any atom is -0.490 e. The molecule has 2 unspecified atom stereocenters. The van der Waals surface area contributed by atoms with Crippen LogP contribution in [0.15, 0.2) is 61.2 Å². The average Bonchev–Trinajstić information content (AvgIpc) is 2.63. The Balaban J connectivity index is 2.11. The van der Waals surface area contributed by atoms with Gasteiger partial charge in [0.15, 0.2) is 0 Å². The van der Waals surface area contributed by atoms with Crippen molar-refractivity contribution in [3.63, 3.8) is 0 Å². The zero-order valence-corrected chi connectivity index (χ0v) is 14.4. The van der Waals surface area contributed by atoms with E-state index in [1.165, 1.54) is 12.0 Å². The summed E-state index contributed by atoms with van der Waals surface area (Å²) in [5.41, 5.74) is 3.10. The number of hydrogen-bond donors (Lipinski definition) is 1. The van der Waals surface area contributed by atoms with Gasteiger partial charge < -0.3 is 4.74 Å². The molecule has 3 nitrogen and oxygen atoms in total. The third kappa shape index (κ3) is 4.95. The van der Waals surface area contributed by atoms with Crippen LogP contribution in [0.5, 0.6) is 5.75 Å². The van der Waals surface area contributed by atoms with E-state index in [9.17, 15) is 5.26 Å². The van der Waals surface area contributed by atoms with Crippen molar-refractivity contribution in [1.29, 1.82) is 0 Å². The first-order valence-corrected chi connectivity index (χ1v) is 8.40. The fraction of sp³-hybridized carbons (Fsp3) is 0.333. The van der Waals surface area contributed by atoms with Gasteiger partial charge in [-0.25, -0.2) is 4.89 Å². The Kier molecular flexibility index (Phi) is 7.04. The molecule has 3 heteroatoms. The lowest BCUT2D eigenvalue weighted by molar-refractivity contribution is -0.270. The van der Waals surface area contributed by atoms with E-state index < -0.39 is 6.10 Å². The Labute approximate surface area is 144 Å². The van der Waals surface area contributed by atoms with Crippen LogP contribution in [0.4, 0.5) is 0 Å². The Morgan fingerprint density at radius 1 is 1.04 bits per heavy atom. The maximum atomic E-state index is 9.35. The van der Waals surface area contributed by atoms with E-state index in [0.29, 0.717) is 12.5 Å². The Bertz CT molecular complexity index is 617. The van der Waals surface area contributed by atoms with Gasteiger partial charge in [-0.1, -0.05) is 69.3 Å². The van der Waals surface area contributed by atoms with Crippen LogP contribution in [0.2, 0.25) is 0 Å². The van der Waals surface area contributed by atoms with E-state index in [4.69, 9.17) is 9.62 Å². The zero-order valence-electron chi connectivity index (χ0n) is 14.4. The van der Waals surface area contributed by atoms with E-state index in [1.807, 2.05) is 36.4 Å². The van der Waals surface area contributed by atoms with Gasteiger partial charge in [-0.2, -0.15) is 0 Å². The summed E-state index contributed by atoms with van der Waals surface area (Å²) in [5, 5.41) is 9.35. The monoisotopic (exact) mass is 326 g/mol. The predicted octanol–water partition coefficient (Wildman–Crippen LogP) is 5.42. The number of rotatable bonds is 9. The molecule has 2 aromatic rings. The van der Waals surface area contributed by atoms with Crippen LogP contribution >= 0.6 is 0 Å². The Morgan fingerprint density at radius 2 is 1.62 bits per heavy atom. The van der Waals surface area contributed by atoms with Gasteiger partial charge in [-0.05, 0) is 41.2 Å². The lowest BCUT2D eigenvalue weighted by Crippen LogP contribution is -2.05. The van der Waals surface area contributed by atoms with E-state index in [1.54, 1.807) is 6.08 Å². The standard InChI is InChI=1S/C21H26O3/c1-4-14-23-20-12-10-19(11-13-20)21(24-22)18-8-6-17(7-9-18)15-16(3)5-2/h4,6-13,16,21-22H,1,5,14-15H2,2-3H3. The smallest absolute Gasteiger partial charge is 0.143 e. The maximum absolute atomic E-state index is 9.35. The molecule has 0 spiro atoms. The first-order chi connectivity index (χ1) is 11.7. The van der Waals surface area contributed by atoms with E-state index in [0.717, 1.165) is 23.3 Å². The maximum Gasteiger partial charge on any atom is 0.143 e. The quantitative estimate of drug-likeness (QED) is 0.380. The van der Waals surface area contributed by atoms with E-state index in [-0.39, 0.29) is 0 Å². The van der Waals surface area contributed by atoms with Crippen LogP contribution in [0.3, 0.4) is 0 Å². The minimum atomic E-state index is -0.504. The molecule has 2 atom stereocenters. The molecule has 0 fully saturated rings. The number of benzene rings is 2. The Hall–Kier alpha value is -2.10. The molecule has 128 valence electrons. The molecule has 1 N–H and O–H groups in total. The first-order valence-electron chi connectivity index (χ1n) is 8.40. The summed E-state index contributed by atoms with van der Waals surface area (Å²) >= 11 is 0. The normalized spacial score (nSPS) is 13.3. The van der Waals surface area contributed by atoms with Gasteiger partial charge >= 0.3 is 0 Å². The molecule has 0 aliphatic heterocycles. The summed E-state index contributed by atoms with van der Waals surface area (Å²) in [7, 11) is 0. The summed E-state index contributed by atoms with van der Waals surface area (Å²) in [6.07, 6.45) is 3.44. The predicted molar refractivity (Wildman–Crippen MR) is 97.3 cm³/mol. The van der Waals surface area contributed by atoms with Crippen molar-refractivity contribution in [3.8, 4) is 5.75 Å². The number of ether oxygens (including phenoxy) is 1. The Morgan fingerprint density at radius 3 is 2.12 bits per heavy atom. The van der Waals surface area contributed by atoms with Crippen molar-refractivity contribution in [2.24, 2.45) is 5.92 Å². The van der Waals surface area contributed by atoms with E-state index in [2.05, 4.69) is 32.6 Å². The summed E-state index contributed by atoms with van der Waals surface area (Å²) < 4.78 is 5.47. The van der Waals surface area contributed by atoms with E-state index >= 15 is 0 Å². The fourth-order valence-corrected chi connectivity index (χ4v) is 2.58. The van der Waals surface area contributed by atoms with Crippen LogP contribution in [0, 0.1) is 5.92 Å². The van der Waals surface area contributed by atoms with Crippen LogP contribution < -0.4 is 4.74 Å². The average molecular weight is 326 g/mol. The van der Waals surface area contributed by atoms with Gasteiger partial charge in [0.2, 0.25) is 0 Å². The topological polar surface area (TPSA) is 38.7 Å². The van der Waals surface area contributed by atoms with Gasteiger partial charge in [0, 0.05) is 0 Å². The molecule has 0 bridgehead atoms.